The van der Waals surface area contributed by atoms with Crippen molar-refractivity contribution < 1.29 is 23.8 Å². The van der Waals surface area contributed by atoms with Gasteiger partial charge in [-0.25, -0.2) is 4.79 Å². The van der Waals surface area contributed by atoms with Crippen molar-refractivity contribution in [2.45, 2.75) is 6.92 Å². The molecule has 0 saturated heterocycles. The van der Waals surface area contributed by atoms with Gasteiger partial charge in [0, 0.05) is 5.56 Å². The Kier molecular flexibility index (Phi) is 6.41. The van der Waals surface area contributed by atoms with Crippen LogP contribution in [0.4, 0.5) is 0 Å². The van der Waals surface area contributed by atoms with Gasteiger partial charge in [-0.3, -0.25) is 4.79 Å². The quantitative estimate of drug-likeness (QED) is 0.413. The molecule has 0 aliphatic rings. The number of hydrogen-bond donors (Lipinski definition) is 0. The summed E-state index contributed by atoms with van der Waals surface area (Å²) in [5.41, 5.74) is 0.705. The Bertz CT molecular complexity index is 933. The van der Waals surface area contributed by atoms with Crippen LogP contribution in [0, 0.1) is 0 Å². The van der Waals surface area contributed by atoms with E-state index in [0.717, 1.165) is 0 Å². The van der Waals surface area contributed by atoms with Gasteiger partial charge in [-0.2, -0.15) is 0 Å². The van der Waals surface area contributed by atoms with Crippen LogP contribution in [0.25, 0.3) is 0 Å². The van der Waals surface area contributed by atoms with E-state index in [9.17, 15) is 9.59 Å². The van der Waals surface area contributed by atoms with E-state index in [-0.39, 0.29) is 18.0 Å². The first-order chi connectivity index (χ1) is 13.7. The monoisotopic (exact) mass is 376 g/mol. The summed E-state index contributed by atoms with van der Waals surface area (Å²) in [6.07, 6.45) is 0. The summed E-state index contributed by atoms with van der Waals surface area (Å²) in [5.74, 6) is 0.743. The SMILES string of the molecule is CCOc1ccc(C(=O)COC(=O)c2ccccc2Oc2ccccc2)cc1. The first-order valence-electron chi connectivity index (χ1n) is 8.92. The number of para-hydroxylation sites is 2. The molecule has 3 aromatic carbocycles. The molecule has 142 valence electrons. The lowest BCUT2D eigenvalue weighted by Crippen LogP contribution is -2.14. The highest BCUT2D eigenvalue weighted by molar-refractivity contribution is 6.00. The van der Waals surface area contributed by atoms with Crippen LogP contribution >= 0.6 is 0 Å². The number of carbonyl (C=O) groups excluding carboxylic acids is 2. The Hall–Kier alpha value is -3.60. The maximum Gasteiger partial charge on any atom is 0.342 e. The van der Waals surface area contributed by atoms with Gasteiger partial charge in [0.1, 0.15) is 22.8 Å². The minimum absolute atomic E-state index is 0.255. The van der Waals surface area contributed by atoms with Crippen LogP contribution in [-0.2, 0) is 4.74 Å². The molecular weight excluding hydrogens is 356 g/mol. The highest BCUT2D eigenvalue weighted by Crippen LogP contribution is 2.25. The molecule has 3 rings (SSSR count). The van der Waals surface area contributed by atoms with Crippen LogP contribution in [0.15, 0.2) is 78.9 Å². The first-order valence-corrected chi connectivity index (χ1v) is 8.92. The molecule has 0 fully saturated rings. The fourth-order valence-electron chi connectivity index (χ4n) is 2.54. The van der Waals surface area contributed by atoms with Crippen molar-refractivity contribution in [1.29, 1.82) is 0 Å². The summed E-state index contributed by atoms with van der Waals surface area (Å²) in [4.78, 5) is 24.7. The second-order valence-corrected chi connectivity index (χ2v) is 5.87. The number of Topliss-reactive ketones (excluding diaryl/α,β-unsaturated/α-hetero) is 1. The molecule has 0 atom stereocenters. The molecule has 0 spiro atoms. The topological polar surface area (TPSA) is 61.8 Å². The average molecular weight is 376 g/mol. The Morgan fingerprint density at radius 3 is 2.18 bits per heavy atom. The molecule has 0 bridgehead atoms. The maximum absolute atomic E-state index is 12.5. The largest absolute Gasteiger partial charge is 0.494 e. The van der Waals surface area contributed by atoms with E-state index in [1.165, 1.54) is 0 Å². The van der Waals surface area contributed by atoms with Gasteiger partial charge < -0.3 is 14.2 Å². The zero-order chi connectivity index (χ0) is 19.8. The Labute approximate surface area is 163 Å². The summed E-state index contributed by atoms with van der Waals surface area (Å²) in [6.45, 7) is 2.08. The van der Waals surface area contributed by atoms with Gasteiger partial charge in [-0.05, 0) is 55.5 Å². The minimum Gasteiger partial charge on any atom is -0.494 e. The number of benzene rings is 3. The molecule has 5 heteroatoms. The van der Waals surface area contributed by atoms with Crippen molar-refractivity contribution in [3.8, 4) is 17.2 Å². The van der Waals surface area contributed by atoms with Crippen molar-refractivity contribution in [1.82, 2.24) is 0 Å². The lowest BCUT2D eigenvalue weighted by molar-refractivity contribution is 0.0472. The summed E-state index contributed by atoms with van der Waals surface area (Å²) in [6, 6.07) is 22.6. The number of ketones is 1. The number of ether oxygens (including phenoxy) is 3. The lowest BCUT2D eigenvalue weighted by Gasteiger charge is -2.11. The molecular formula is C23H20O5. The third kappa shape index (κ3) is 4.98. The van der Waals surface area contributed by atoms with Gasteiger partial charge in [0.2, 0.25) is 0 Å². The predicted molar refractivity (Wildman–Crippen MR) is 105 cm³/mol. The number of hydrogen-bond acceptors (Lipinski definition) is 5. The summed E-state index contributed by atoms with van der Waals surface area (Å²) >= 11 is 0. The van der Waals surface area contributed by atoms with Crippen molar-refractivity contribution in [3.05, 3.63) is 90.0 Å². The molecule has 0 aliphatic heterocycles. The second-order valence-electron chi connectivity index (χ2n) is 5.87. The minimum atomic E-state index is -0.620. The van der Waals surface area contributed by atoms with Crippen LogP contribution in [0.3, 0.4) is 0 Å². The van der Waals surface area contributed by atoms with Gasteiger partial charge in [0.05, 0.1) is 6.61 Å². The van der Waals surface area contributed by atoms with Crippen LogP contribution < -0.4 is 9.47 Å². The van der Waals surface area contributed by atoms with Gasteiger partial charge in [-0.1, -0.05) is 30.3 Å². The summed E-state index contributed by atoms with van der Waals surface area (Å²) < 4.78 is 16.3. The lowest BCUT2D eigenvalue weighted by atomic mass is 10.1. The third-order valence-corrected chi connectivity index (χ3v) is 3.90. The van der Waals surface area contributed by atoms with E-state index in [2.05, 4.69) is 0 Å². The van der Waals surface area contributed by atoms with Crippen molar-refractivity contribution >= 4 is 11.8 Å². The predicted octanol–water partition coefficient (Wildman–Crippen LogP) is 4.92. The van der Waals surface area contributed by atoms with Gasteiger partial charge in [-0.15, -0.1) is 0 Å². The van der Waals surface area contributed by atoms with Crippen LogP contribution in [0.5, 0.6) is 17.2 Å². The molecule has 0 saturated carbocycles. The molecule has 5 nitrogen and oxygen atoms in total. The fraction of sp³-hybridized carbons (Fsp3) is 0.130. The second kappa shape index (κ2) is 9.37. The molecule has 0 amide bonds. The average Bonchev–Trinajstić information content (AvgIpc) is 2.74. The van der Waals surface area contributed by atoms with E-state index < -0.39 is 5.97 Å². The maximum atomic E-state index is 12.5. The normalized spacial score (nSPS) is 10.2. The molecule has 0 radical (unpaired) electrons. The zero-order valence-electron chi connectivity index (χ0n) is 15.5. The fourth-order valence-corrected chi connectivity index (χ4v) is 2.54. The smallest absolute Gasteiger partial charge is 0.342 e. The van der Waals surface area contributed by atoms with Crippen molar-refractivity contribution in [2.75, 3.05) is 13.2 Å². The molecule has 0 heterocycles. The molecule has 0 unspecified atom stereocenters. The van der Waals surface area contributed by atoms with E-state index >= 15 is 0 Å². The van der Waals surface area contributed by atoms with E-state index in [1.54, 1.807) is 60.7 Å². The number of rotatable bonds is 8. The van der Waals surface area contributed by atoms with Crippen molar-refractivity contribution in [2.24, 2.45) is 0 Å². The molecule has 0 aromatic heterocycles. The summed E-state index contributed by atoms with van der Waals surface area (Å²) in [5, 5.41) is 0. The summed E-state index contributed by atoms with van der Waals surface area (Å²) in [7, 11) is 0. The van der Waals surface area contributed by atoms with Crippen LogP contribution in [0.2, 0.25) is 0 Å². The van der Waals surface area contributed by atoms with Crippen molar-refractivity contribution in [3.63, 3.8) is 0 Å². The highest BCUT2D eigenvalue weighted by atomic mass is 16.5. The Morgan fingerprint density at radius 1 is 0.786 bits per heavy atom. The van der Waals surface area contributed by atoms with Gasteiger partial charge in [0.15, 0.2) is 12.4 Å². The standard InChI is InChI=1S/C23H20O5/c1-2-26-18-14-12-17(13-15-18)21(24)16-27-23(25)20-10-6-7-11-22(20)28-19-8-4-3-5-9-19/h3-15H,2,16H2,1H3. The molecule has 0 N–H and O–H groups in total. The number of esters is 1. The molecule has 28 heavy (non-hydrogen) atoms. The number of carbonyl (C=O) groups is 2. The Balaban J connectivity index is 1.64. The Morgan fingerprint density at radius 2 is 1.46 bits per heavy atom. The van der Waals surface area contributed by atoms with Crippen LogP contribution in [0.1, 0.15) is 27.6 Å². The van der Waals surface area contributed by atoms with Gasteiger partial charge >= 0.3 is 5.97 Å². The van der Waals surface area contributed by atoms with E-state index in [4.69, 9.17) is 14.2 Å². The van der Waals surface area contributed by atoms with Gasteiger partial charge in [0.25, 0.3) is 0 Å². The van der Waals surface area contributed by atoms with Crippen LogP contribution in [-0.4, -0.2) is 25.0 Å². The third-order valence-electron chi connectivity index (χ3n) is 3.90. The highest BCUT2D eigenvalue weighted by Gasteiger charge is 2.16. The first kappa shape index (κ1) is 19.2. The van der Waals surface area contributed by atoms with E-state index in [0.29, 0.717) is 29.4 Å². The zero-order valence-corrected chi connectivity index (χ0v) is 15.5. The van der Waals surface area contributed by atoms with E-state index in [1.807, 2.05) is 25.1 Å². The molecule has 0 aliphatic carbocycles. The molecule has 3 aromatic rings.